The molecule has 108 valence electrons. The Morgan fingerprint density at radius 1 is 1.60 bits per heavy atom. The van der Waals surface area contributed by atoms with Gasteiger partial charge >= 0.3 is 0 Å². The average molecular weight is 271 g/mol. The number of piperidine rings is 1. The molecular weight excluding hydrogens is 246 g/mol. The Kier molecular flexibility index (Phi) is 4.83. The molecule has 2 fully saturated rings. The van der Waals surface area contributed by atoms with Crippen LogP contribution in [0.15, 0.2) is 24.8 Å². The molecule has 3 atom stereocenters. The van der Waals surface area contributed by atoms with Gasteiger partial charge < -0.3 is 0 Å². The summed E-state index contributed by atoms with van der Waals surface area (Å²) in [6, 6.07) is 0.347. The summed E-state index contributed by atoms with van der Waals surface area (Å²) in [4.78, 5) is 14.8. The largest absolute Gasteiger partial charge is 0.299 e. The number of carbonyl (C=O) groups excluding carboxylic acids is 1. The molecule has 1 saturated heterocycles. The minimum atomic E-state index is -0.274. The van der Waals surface area contributed by atoms with E-state index in [1.807, 2.05) is 13.0 Å². The molecule has 0 unspecified atom stereocenters. The van der Waals surface area contributed by atoms with E-state index in [4.69, 9.17) is 6.42 Å². The number of allylic oxidation sites excluding steroid dienone is 2. The van der Waals surface area contributed by atoms with E-state index in [1.165, 1.54) is 0 Å². The van der Waals surface area contributed by atoms with Crippen molar-refractivity contribution in [1.82, 2.24) is 4.90 Å². The van der Waals surface area contributed by atoms with Gasteiger partial charge in [-0.25, -0.2) is 0 Å². The number of hydrogen-bond donors (Lipinski definition) is 0. The minimum absolute atomic E-state index is 0.0304. The van der Waals surface area contributed by atoms with Crippen LogP contribution in [0.1, 0.15) is 39.0 Å². The fourth-order valence-corrected chi connectivity index (χ4v) is 4.05. The maximum Gasteiger partial charge on any atom is 0.137 e. The van der Waals surface area contributed by atoms with Crippen molar-refractivity contribution >= 4 is 5.78 Å². The monoisotopic (exact) mass is 271 g/mol. The van der Waals surface area contributed by atoms with Crippen LogP contribution in [0.4, 0.5) is 0 Å². The summed E-state index contributed by atoms with van der Waals surface area (Å²) in [5.41, 5.74) is -0.274. The van der Waals surface area contributed by atoms with Crippen LogP contribution in [0.2, 0.25) is 0 Å². The van der Waals surface area contributed by atoms with Crippen molar-refractivity contribution in [3.63, 3.8) is 0 Å². The van der Waals surface area contributed by atoms with Gasteiger partial charge in [0.25, 0.3) is 0 Å². The Morgan fingerprint density at radius 3 is 3.05 bits per heavy atom. The van der Waals surface area contributed by atoms with Crippen molar-refractivity contribution in [2.75, 3.05) is 13.1 Å². The fourth-order valence-electron chi connectivity index (χ4n) is 4.05. The molecule has 0 aromatic carbocycles. The van der Waals surface area contributed by atoms with Crippen molar-refractivity contribution < 1.29 is 4.79 Å². The number of Topliss-reactive ketones (excluding diaryl/α,β-unsaturated/α-hetero) is 1. The molecule has 0 bridgehead atoms. The van der Waals surface area contributed by atoms with E-state index in [0.29, 0.717) is 18.2 Å². The molecule has 2 rings (SSSR count). The Labute approximate surface area is 122 Å². The summed E-state index contributed by atoms with van der Waals surface area (Å²) in [5, 5.41) is 0. The molecule has 2 aliphatic rings. The van der Waals surface area contributed by atoms with Gasteiger partial charge in [-0.05, 0) is 39.2 Å². The number of rotatable bonds is 4. The van der Waals surface area contributed by atoms with E-state index in [2.05, 4.69) is 29.6 Å². The molecule has 1 aliphatic heterocycles. The summed E-state index contributed by atoms with van der Waals surface area (Å²) in [7, 11) is 0. The van der Waals surface area contributed by atoms with Crippen molar-refractivity contribution in [3.05, 3.63) is 24.8 Å². The molecule has 2 heteroatoms. The first kappa shape index (κ1) is 15.1. The maximum absolute atomic E-state index is 12.3. The summed E-state index contributed by atoms with van der Waals surface area (Å²) >= 11 is 0. The van der Waals surface area contributed by atoms with Crippen molar-refractivity contribution in [3.8, 4) is 12.3 Å². The van der Waals surface area contributed by atoms with Crippen molar-refractivity contribution in [2.24, 2.45) is 11.3 Å². The molecule has 1 aliphatic carbocycles. The summed E-state index contributed by atoms with van der Waals surface area (Å²) in [6.45, 7) is 7.89. The fraction of sp³-hybridized carbons (Fsp3) is 0.611. The smallest absolute Gasteiger partial charge is 0.137 e. The van der Waals surface area contributed by atoms with Gasteiger partial charge in [0, 0.05) is 24.9 Å². The van der Waals surface area contributed by atoms with E-state index < -0.39 is 0 Å². The zero-order chi connectivity index (χ0) is 14.6. The highest BCUT2D eigenvalue weighted by Gasteiger charge is 2.52. The molecule has 1 saturated carbocycles. The SMILES string of the molecule is C#C[C@@]12CCCN(C/C=C/C)[C@H]1CCC(=O)[C@H]2CC=C. The number of nitrogens with zero attached hydrogens (tertiary/aromatic N) is 1. The highest BCUT2D eigenvalue weighted by Crippen LogP contribution is 2.49. The van der Waals surface area contributed by atoms with Crippen LogP contribution in [-0.2, 0) is 4.79 Å². The van der Waals surface area contributed by atoms with Crippen LogP contribution in [0, 0.1) is 23.7 Å². The van der Waals surface area contributed by atoms with Crippen LogP contribution in [0.3, 0.4) is 0 Å². The summed E-state index contributed by atoms with van der Waals surface area (Å²) < 4.78 is 0. The predicted octanol–water partition coefficient (Wildman–Crippen LogP) is 3.20. The lowest BCUT2D eigenvalue weighted by Gasteiger charge is -2.53. The topological polar surface area (TPSA) is 20.3 Å². The van der Waals surface area contributed by atoms with Crippen molar-refractivity contribution in [1.29, 1.82) is 0 Å². The van der Waals surface area contributed by atoms with Gasteiger partial charge in [0.05, 0.1) is 5.41 Å². The highest BCUT2D eigenvalue weighted by molar-refractivity contribution is 5.84. The number of carbonyl (C=O) groups is 1. The first-order valence-electron chi connectivity index (χ1n) is 7.66. The Balaban J connectivity index is 2.32. The van der Waals surface area contributed by atoms with Gasteiger partial charge in [0.2, 0.25) is 0 Å². The van der Waals surface area contributed by atoms with E-state index in [-0.39, 0.29) is 11.3 Å². The number of hydrogen-bond acceptors (Lipinski definition) is 2. The first-order valence-corrected chi connectivity index (χ1v) is 7.66. The third-order valence-electron chi connectivity index (χ3n) is 4.99. The van der Waals surface area contributed by atoms with Gasteiger partial charge in [0.15, 0.2) is 0 Å². The van der Waals surface area contributed by atoms with Crippen LogP contribution in [0.25, 0.3) is 0 Å². The summed E-state index contributed by atoms with van der Waals surface area (Å²) in [6.07, 6.45) is 16.4. The molecule has 0 N–H and O–H groups in total. The van der Waals surface area contributed by atoms with E-state index in [9.17, 15) is 4.79 Å². The number of likely N-dealkylation sites (tertiary alicyclic amines) is 1. The molecular formula is C18H25NO. The lowest BCUT2D eigenvalue weighted by molar-refractivity contribution is -0.134. The number of ketones is 1. The van der Waals surface area contributed by atoms with Crippen LogP contribution in [0.5, 0.6) is 0 Å². The zero-order valence-corrected chi connectivity index (χ0v) is 12.5. The lowest BCUT2D eigenvalue weighted by atomic mass is 9.58. The third kappa shape index (κ3) is 2.47. The van der Waals surface area contributed by atoms with E-state index in [1.54, 1.807) is 0 Å². The highest BCUT2D eigenvalue weighted by atomic mass is 16.1. The second-order valence-electron chi connectivity index (χ2n) is 5.95. The van der Waals surface area contributed by atoms with Crippen LogP contribution >= 0.6 is 0 Å². The molecule has 0 aromatic heterocycles. The minimum Gasteiger partial charge on any atom is -0.299 e. The lowest BCUT2D eigenvalue weighted by Crippen LogP contribution is -2.59. The predicted molar refractivity (Wildman–Crippen MR) is 83.2 cm³/mol. The molecule has 0 aromatic rings. The third-order valence-corrected chi connectivity index (χ3v) is 4.99. The second kappa shape index (κ2) is 6.41. The quantitative estimate of drug-likeness (QED) is 0.578. The van der Waals surface area contributed by atoms with Crippen LogP contribution < -0.4 is 0 Å². The van der Waals surface area contributed by atoms with Gasteiger partial charge in [-0.1, -0.05) is 24.1 Å². The summed E-state index contributed by atoms with van der Waals surface area (Å²) in [5.74, 6) is 3.37. The first-order chi connectivity index (χ1) is 9.69. The molecule has 0 radical (unpaired) electrons. The van der Waals surface area contributed by atoms with Gasteiger partial charge in [0.1, 0.15) is 5.78 Å². The maximum atomic E-state index is 12.3. The van der Waals surface area contributed by atoms with E-state index in [0.717, 1.165) is 38.8 Å². The molecule has 2 nitrogen and oxygen atoms in total. The Hall–Kier alpha value is -1.33. The van der Waals surface area contributed by atoms with Gasteiger partial charge in [-0.2, -0.15) is 0 Å². The van der Waals surface area contributed by atoms with Gasteiger partial charge in [-0.15, -0.1) is 13.0 Å². The standard InChI is InChI=1S/C18H25NO/c1-4-7-13-19-14-8-12-18(6-3)15(9-5-2)16(20)10-11-17(18)19/h3-5,7,15,17H,2,8-14H2,1H3/b7-4+/t15-,17+,18+/m1/s1. The van der Waals surface area contributed by atoms with Crippen LogP contribution in [-0.4, -0.2) is 29.8 Å². The second-order valence-corrected chi connectivity index (χ2v) is 5.95. The number of terminal acetylenes is 1. The Bertz CT molecular complexity index is 445. The molecule has 20 heavy (non-hydrogen) atoms. The number of fused-ring (bicyclic) bond motifs is 1. The zero-order valence-electron chi connectivity index (χ0n) is 12.5. The van der Waals surface area contributed by atoms with Gasteiger partial charge in [-0.3, -0.25) is 9.69 Å². The van der Waals surface area contributed by atoms with Crippen molar-refractivity contribution in [2.45, 2.75) is 45.1 Å². The average Bonchev–Trinajstić information content (AvgIpc) is 2.47. The molecule has 0 spiro atoms. The Morgan fingerprint density at radius 2 is 2.40 bits per heavy atom. The molecule has 0 amide bonds. The molecule has 1 heterocycles. The normalized spacial score (nSPS) is 34.7. The van der Waals surface area contributed by atoms with E-state index >= 15 is 0 Å².